The van der Waals surface area contributed by atoms with Crippen molar-refractivity contribution in [1.29, 1.82) is 0 Å². The van der Waals surface area contributed by atoms with E-state index in [-0.39, 0.29) is 6.04 Å². The highest BCUT2D eigenvalue weighted by Gasteiger charge is 2.11. The van der Waals surface area contributed by atoms with Gasteiger partial charge in [0.1, 0.15) is 5.75 Å². The summed E-state index contributed by atoms with van der Waals surface area (Å²) in [4.78, 5) is 0. The van der Waals surface area contributed by atoms with E-state index in [0.717, 1.165) is 22.2 Å². The van der Waals surface area contributed by atoms with Gasteiger partial charge in [0.25, 0.3) is 0 Å². The Hall–Kier alpha value is -0.590. The molecule has 0 saturated heterocycles. The molecule has 19 heavy (non-hydrogen) atoms. The smallest absolute Gasteiger partial charge is 0.118 e. The molecule has 2 N–H and O–H groups in total. The highest BCUT2D eigenvalue weighted by atomic mass is 127. The third-order valence-corrected chi connectivity index (χ3v) is 4.37. The van der Waals surface area contributed by atoms with Gasteiger partial charge in [-0.2, -0.15) is 0 Å². The predicted octanol–water partition coefficient (Wildman–Crippen LogP) is 4.30. The number of hydrogen-bond donors (Lipinski definition) is 1. The molecule has 0 fully saturated rings. The van der Waals surface area contributed by atoms with Gasteiger partial charge in [-0.3, -0.25) is 0 Å². The second kappa shape index (κ2) is 6.72. The third kappa shape index (κ3) is 3.94. The van der Waals surface area contributed by atoms with E-state index in [1.807, 2.05) is 18.2 Å². The van der Waals surface area contributed by atoms with Crippen LogP contribution in [0.25, 0.3) is 0 Å². The Morgan fingerprint density at radius 2 is 1.89 bits per heavy atom. The van der Waals surface area contributed by atoms with Gasteiger partial charge < -0.3 is 10.5 Å². The van der Waals surface area contributed by atoms with Crippen LogP contribution in [-0.4, -0.2) is 7.11 Å². The standard InChI is InChI=1S/C15H15BrINO/c1-19-12-5-2-10(3-6-12)8-15(18)13-9-11(17)4-7-14(13)16/h2-7,9,15H,8,18H2,1H3. The molecule has 0 heterocycles. The molecule has 1 unspecified atom stereocenters. The van der Waals surface area contributed by atoms with Gasteiger partial charge >= 0.3 is 0 Å². The zero-order valence-corrected chi connectivity index (χ0v) is 14.3. The molecule has 2 rings (SSSR count). The van der Waals surface area contributed by atoms with Crippen LogP contribution in [0, 0.1) is 3.57 Å². The molecule has 0 aliphatic rings. The second-order valence-electron chi connectivity index (χ2n) is 4.32. The van der Waals surface area contributed by atoms with Crippen LogP contribution in [0.1, 0.15) is 17.2 Å². The van der Waals surface area contributed by atoms with Crippen molar-refractivity contribution in [3.05, 3.63) is 61.6 Å². The molecule has 4 heteroatoms. The molecule has 0 amide bonds. The topological polar surface area (TPSA) is 35.2 Å². The fraction of sp³-hybridized carbons (Fsp3) is 0.200. The van der Waals surface area contributed by atoms with E-state index in [1.54, 1.807) is 7.11 Å². The maximum Gasteiger partial charge on any atom is 0.118 e. The minimum absolute atomic E-state index is 0.0162. The van der Waals surface area contributed by atoms with Crippen molar-refractivity contribution < 1.29 is 4.74 Å². The van der Waals surface area contributed by atoms with Gasteiger partial charge in [0.2, 0.25) is 0 Å². The molecular formula is C15H15BrINO. The highest BCUT2D eigenvalue weighted by molar-refractivity contribution is 14.1. The molecule has 2 nitrogen and oxygen atoms in total. The molecular weight excluding hydrogens is 417 g/mol. The van der Waals surface area contributed by atoms with Gasteiger partial charge in [-0.25, -0.2) is 0 Å². The molecule has 0 aliphatic heterocycles. The van der Waals surface area contributed by atoms with Crippen LogP contribution >= 0.6 is 38.5 Å². The van der Waals surface area contributed by atoms with E-state index in [0.29, 0.717) is 0 Å². The lowest BCUT2D eigenvalue weighted by Crippen LogP contribution is -2.14. The van der Waals surface area contributed by atoms with Gasteiger partial charge in [0.15, 0.2) is 0 Å². The van der Waals surface area contributed by atoms with E-state index in [2.05, 4.69) is 62.8 Å². The maximum absolute atomic E-state index is 6.30. The molecule has 0 aliphatic carbocycles. The number of methoxy groups -OCH3 is 1. The largest absolute Gasteiger partial charge is 0.497 e. The number of hydrogen-bond acceptors (Lipinski definition) is 2. The van der Waals surface area contributed by atoms with Crippen molar-refractivity contribution in [2.24, 2.45) is 5.73 Å². The summed E-state index contributed by atoms with van der Waals surface area (Å²) in [7, 11) is 1.67. The van der Waals surface area contributed by atoms with Crippen molar-refractivity contribution in [2.75, 3.05) is 7.11 Å². The average molecular weight is 432 g/mol. The zero-order chi connectivity index (χ0) is 13.8. The van der Waals surface area contributed by atoms with Gasteiger partial charge in [-0.15, -0.1) is 0 Å². The first-order chi connectivity index (χ1) is 9.10. The molecule has 0 spiro atoms. The Morgan fingerprint density at radius 1 is 1.21 bits per heavy atom. The van der Waals surface area contributed by atoms with Crippen LogP contribution in [0.5, 0.6) is 5.75 Å². The summed E-state index contributed by atoms with van der Waals surface area (Å²) in [5, 5.41) is 0. The molecule has 100 valence electrons. The van der Waals surface area contributed by atoms with Crippen LogP contribution in [0.3, 0.4) is 0 Å². The minimum Gasteiger partial charge on any atom is -0.497 e. The summed E-state index contributed by atoms with van der Waals surface area (Å²) in [6.07, 6.45) is 0.808. The van der Waals surface area contributed by atoms with Crippen LogP contribution in [0.2, 0.25) is 0 Å². The van der Waals surface area contributed by atoms with E-state index < -0.39 is 0 Å². The normalized spacial score (nSPS) is 12.2. The van der Waals surface area contributed by atoms with Crippen molar-refractivity contribution in [3.63, 3.8) is 0 Å². The Labute approximate surface area is 135 Å². The Kier molecular flexibility index (Phi) is 5.24. The van der Waals surface area contributed by atoms with Gasteiger partial charge in [-0.1, -0.05) is 28.1 Å². The lowest BCUT2D eigenvalue weighted by molar-refractivity contribution is 0.414. The Morgan fingerprint density at radius 3 is 2.53 bits per heavy atom. The van der Waals surface area contributed by atoms with Crippen LogP contribution in [-0.2, 0) is 6.42 Å². The maximum atomic E-state index is 6.30. The quantitative estimate of drug-likeness (QED) is 0.732. The SMILES string of the molecule is COc1ccc(CC(N)c2cc(I)ccc2Br)cc1. The van der Waals surface area contributed by atoms with Gasteiger partial charge in [0, 0.05) is 14.1 Å². The molecule has 0 saturated carbocycles. The molecule has 1 atom stereocenters. The van der Waals surface area contributed by atoms with Crippen molar-refractivity contribution >= 4 is 38.5 Å². The number of nitrogens with two attached hydrogens (primary N) is 1. The fourth-order valence-corrected chi connectivity index (χ4v) is 2.98. The molecule has 2 aromatic carbocycles. The van der Waals surface area contributed by atoms with Crippen LogP contribution in [0.4, 0.5) is 0 Å². The molecule has 0 radical (unpaired) electrons. The molecule has 0 aromatic heterocycles. The second-order valence-corrected chi connectivity index (χ2v) is 6.42. The van der Waals surface area contributed by atoms with Gasteiger partial charge in [0.05, 0.1) is 7.11 Å². The summed E-state index contributed by atoms with van der Waals surface area (Å²) >= 11 is 5.87. The van der Waals surface area contributed by atoms with E-state index in [9.17, 15) is 0 Å². The Balaban J connectivity index is 2.15. The van der Waals surface area contributed by atoms with Gasteiger partial charge in [-0.05, 0) is 70.5 Å². The first-order valence-electron chi connectivity index (χ1n) is 5.93. The summed E-state index contributed by atoms with van der Waals surface area (Å²) < 4.78 is 7.41. The minimum atomic E-state index is -0.0162. The number of ether oxygens (including phenoxy) is 1. The zero-order valence-electron chi connectivity index (χ0n) is 10.6. The monoisotopic (exact) mass is 431 g/mol. The summed E-state index contributed by atoms with van der Waals surface area (Å²) in [6, 6.07) is 14.3. The summed E-state index contributed by atoms with van der Waals surface area (Å²) in [6.45, 7) is 0. The third-order valence-electron chi connectivity index (χ3n) is 2.97. The lowest BCUT2D eigenvalue weighted by Gasteiger charge is -2.15. The molecule has 0 bridgehead atoms. The Bertz CT molecular complexity index is 557. The number of halogens is 2. The number of benzene rings is 2. The van der Waals surface area contributed by atoms with E-state index >= 15 is 0 Å². The number of rotatable bonds is 4. The first-order valence-corrected chi connectivity index (χ1v) is 7.81. The van der Waals surface area contributed by atoms with Crippen molar-refractivity contribution in [2.45, 2.75) is 12.5 Å². The fourth-order valence-electron chi connectivity index (χ4n) is 1.92. The summed E-state index contributed by atoms with van der Waals surface area (Å²) in [5.41, 5.74) is 8.65. The van der Waals surface area contributed by atoms with Crippen LogP contribution in [0.15, 0.2) is 46.9 Å². The highest BCUT2D eigenvalue weighted by Crippen LogP contribution is 2.26. The van der Waals surface area contributed by atoms with Crippen LogP contribution < -0.4 is 10.5 Å². The average Bonchev–Trinajstić information content (AvgIpc) is 2.42. The van der Waals surface area contributed by atoms with Crippen molar-refractivity contribution in [3.8, 4) is 5.75 Å². The van der Waals surface area contributed by atoms with E-state index in [1.165, 1.54) is 9.13 Å². The lowest BCUT2D eigenvalue weighted by atomic mass is 10.00. The van der Waals surface area contributed by atoms with Crippen molar-refractivity contribution in [1.82, 2.24) is 0 Å². The van der Waals surface area contributed by atoms with E-state index in [4.69, 9.17) is 10.5 Å². The summed E-state index contributed by atoms with van der Waals surface area (Å²) in [5.74, 6) is 0.868. The molecule has 2 aromatic rings. The predicted molar refractivity (Wildman–Crippen MR) is 90.5 cm³/mol. The first kappa shape index (κ1) is 14.8.